The molecule has 0 unspecified atom stereocenters. The number of allylic oxidation sites excluding steroid dienone is 1. The fourth-order valence-corrected chi connectivity index (χ4v) is 6.04. The first kappa shape index (κ1) is 49.3. The first-order chi connectivity index (χ1) is 26.9. The molecule has 1 aromatic carbocycles. The van der Waals surface area contributed by atoms with Crippen LogP contribution in [0, 0.1) is 0 Å². The average Bonchev–Trinajstić information content (AvgIpc) is 3.13. The number of hydrogen-bond acceptors (Lipinski definition) is 13. The van der Waals surface area contributed by atoms with Gasteiger partial charge >= 0.3 is 18.3 Å². The molecule has 15 heteroatoms. The first-order valence-electron chi connectivity index (χ1n) is 20.3. The van der Waals surface area contributed by atoms with Crippen LogP contribution in [0.15, 0.2) is 47.6 Å². The van der Waals surface area contributed by atoms with Crippen LogP contribution in [-0.2, 0) is 33.2 Å². The minimum atomic E-state index is -2.05. The van der Waals surface area contributed by atoms with E-state index in [0.717, 1.165) is 19.3 Å². The summed E-state index contributed by atoms with van der Waals surface area (Å²) in [6.45, 7) is 12.2. The monoisotopic (exact) mass is 805 g/mol. The van der Waals surface area contributed by atoms with Gasteiger partial charge in [-0.3, -0.25) is 0 Å². The predicted molar refractivity (Wildman–Crippen MR) is 213 cm³/mol. The van der Waals surface area contributed by atoms with E-state index >= 15 is 0 Å². The number of aliphatic hydroxyl groups is 2. The van der Waals surface area contributed by atoms with Crippen molar-refractivity contribution in [3.05, 3.63) is 58.5 Å². The Morgan fingerprint density at radius 3 is 2.02 bits per heavy atom. The number of unbranched alkanes of at least 4 members (excludes halogenated alkanes) is 11. The standard InChI is InChI=1S/C42H67N3O12/c1-9-10-11-12-13-14-15-16-17-18-19-20-24-27-32(53-37(48)30-25-22-21-23-26-30)31(44-45-43)28-52-42(8)36(47)34(46)35(54-39(50)57-41(5,6)7)33(55-42)29-51-38(49)56-40(2,3)4/h21-27,31-36,46-47H,9-20,28-29H2,1-8H3/t31-,32+,33+,34-,35-,36+,42-/m0/s1. The lowest BCUT2D eigenvalue weighted by atomic mass is 9.93. The van der Waals surface area contributed by atoms with Crippen LogP contribution in [0.2, 0.25) is 0 Å². The summed E-state index contributed by atoms with van der Waals surface area (Å²) < 4.78 is 39.0. The van der Waals surface area contributed by atoms with Crippen molar-refractivity contribution in [2.24, 2.45) is 5.11 Å². The first-order valence-corrected chi connectivity index (χ1v) is 20.3. The average molecular weight is 806 g/mol. The molecule has 1 saturated heterocycles. The second kappa shape index (κ2) is 24.8. The molecule has 0 aliphatic carbocycles. The third kappa shape index (κ3) is 19.4. The number of benzene rings is 1. The van der Waals surface area contributed by atoms with Crippen LogP contribution >= 0.6 is 0 Å². The summed E-state index contributed by atoms with van der Waals surface area (Å²) in [6, 6.07) is 7.18. The quantitative estimate of drug-likeness (QED) is 0.0202. The molecule has 0 amide bonds. The van der Waals surface area contributed by atoms with Crippen molar-refractivity contribution in [2.75, 3.05) is 13.2 Å². The van der Waals surface area contributed by atoms with Gasteiger partial charge in [0.15, 0.2) is 11.9 Å². The Morgan fingerprint density at radius 1 is 0.895 bits per heavy atom. The maximum absolute atomic E-state index is 13.2. The molecule has 1 aliphatic rings. The predicted octanol–water partition coefficient (Wildman–Crippen LogP) is 9.27. The van der Waals surface area contributed by atoms with Crippen LogP contribution in [0.3, 0.4) is 0 Å². The number of nitrogens with zero attached hydrogens (tertiary/aromatic N) is 3. The molecule has 1 heterocycles. The maximum atomic E-state index is 13.2. The second-order valence-electron chi connectivity index (χ2n) is 16.5. The van der Waals surface area contributed by atoms with Crippen molar-refractivity contribution in [3.63, 3.8) is 0 Å². The largest absolute Gasteiger partial charge is 0.509 e. The molecule has 322 valence electrons. The number of aliphatic hydroxyl groups excluding tert-OH is 2. The van der Waals surface area contributed by atoms with Crippen molar-refractivity contribution >= 4 is 18.3 Å². The lowest BCUT2D eigenvalue weighted by Gasteiger charge is -2.47. The summed E-state index contributed by atoms with van der Waals surface area (Å²) in [5, 5.41) is 26.4. The molecular weight excluding hydrogens is 738 g/mol. The maximum Gasteiger partial charge on any atom is 0.509 e. The highest BCUT2D eigenvalue weighted by Crippen LogP contribution is 2.34. The highest BCUT2D eigenvalue weighted by atomic mass is 16.8. The number of carbonyl (C=O) groups is 3. The molecule has 57 heavy (non-hydrogen) atoms. The van der Waals surface area contributed by atoms with Crippen molar-refractivity contribution in [1.82, 2.24) is 0 Å². The summed E-state index contributed by atoms with van der Waals surface area (Å²) in [5.41, 5.74) is 8.00. The van der Waals surface area contributed by atoms with Crippen molar-refractivity contribution in [3.8, 4) is 0 Å². The van der Waals surface area contributed by atoms with E-state index in [0.29, 0.717) is 6.42 Å². The van der Waals surface area contributed by atoms with Gasteiger partial charge in [0.05, 0.1) is 12.2 Å². The number of carbonyl (C=O) groups excluding carboxylic acids is 3. The number of hydrogen-bond donors (Lipinski definition) is 2. The van der Waals surface area contributed by atoms with Gasteiger partial charge in [0.1, 0.15) is 48.3 Å². The molecule has 0 bridgehead atoms. The normalized spacial score (nSPS) is 22.2. The van der Waals surface area contributed by atoms with Crippen molar-refractivity contribution in [1.29, 1.82) is 0 Å². The zero-order valence-corrected chi connectivity index (χ0v) is 35.2. The minimum Gasteiger partial charge on any atom is -0.454 e. The second-order valence-corrected chi connectivity index (χ2v) is 16.5. The lowest BCUT2D eigenvalue weighted by molar-refractivity contribution is -0.358. The lowest BCUT2D eigenvalue weighted by Crippen LogP contribution is -2.66. The van der Waals surface area contributed by atoms with Gasteiger partial charge in [0, 0.05) is 4.91 Å². The Kier molecular flexibility index (Phi) is 21.4. The highest BCUT2D eigenvalue weighted by molar-refractivity contribution is 5.89. The number of azide groups is 1. The molecule has 1 aromatic rings. The van der Waals surface area contributed by atoms with Crippen LogP contribution < -0.4 is 0 Å². The molecule has 0 radical (unpaired) electrons. The van der Waals surface area contributed by atoms with E-state index in [9.17, 15) is 30.1 Å². The number of rotatable bonds is 23. The topological polar surface area (TPSA) is 205 Å². The summed E-state index contributed by atoms with van der Waals surface area (Å²) in [5.74, 6) is -2.71. The Morgan fingerprint density at radius 2 is 1.46 bits per heavy atom. The summed E-state index contributed by atoms with van der Waals surface area (Å²) >= 11 is 0. The van der Waals surface area contributed by atoms with E-state index in [4.69, 9.17) is 33.2 Å². The zero-order chi connectivity index (χ0) is 42.5. The van der Waals surface area contributed by atoms with Gasteiger partial charge in [0.2, 0.25) is 0 Å². The fraction of sp³-hybridized carbons (Fsp3) is 0.738. The fourth-order valence-electron chi connectivity index (χ4n) is 6.04. The van der Waals surface area contributed by atoms with Gasteiger partial charge in [-0.1, -0.05) is 101 Å². The molecule has 0 spiro atoms. The van der Waals surface area contributed by atoms with Crippen LogP contribution in [0.1, 0.15) is 143 Å². The van der Waals surface area contributed by atoms with Crippen molar-refractivity contribution < 1.29 is 57.8 Å². The molecule has 2 N–H and O–H groups in total. The molecule has 15 nitrogen and oxygen atoms in total. The molecule has 1 fully saturated rings. The molecular formula is C42H67N3O12. The van der Waals surface area contributed by atoms with Gasteiger partial charge in [0.25, 0.3) is 0 Å². The van der Waals surface area contributed by atoms with E-state index in [1.54, 1.807) is 78.0 Å². The van der Waals surface area contributed by atoms with Gasteiger partial charge in [-0.05, 0) is 85.0 Å². The van der Waals surface area contributed by atoms with Gasteiger partial charge < -0.3 is 43.4 Å². The number of esters is 1. The SMILES string of the molecule is CCCCCCCCCCCCCC=C[C@@H](OC(=O)c1ccccc1)[C@H](CO[C@@]1(C)O[C@H](COC(=O)OC(C)(C)C)[C@H](OC(=O)OC(C)(C)C)[C@H](O)[C@H]1O)N=[N+]=[N-]. The smallest absolute Gasteiger partial charge is 0.454 e. The van der Waals surface area contributed by atoms with Gasteiger partial charge in [-0.15, -0.1) is 0 Å². The van der Waals surface area contributed by atoms with E-state index in [1.165, 1.54) is 58.3 Å². The van der Waals surface area contributed by atoms with Crippen LogP contribution in [0.5, 0.6) is 0 Å². The van der Waals surface area contributed by atoms with Gasteiger partial charge in [-0.2, -0.15) is 0 Å². The van der Waals surface area contributed by atoms with E-state index in [1.807, 2.05) is 6.08 Å². The summed E-state index contributed by atoms with van der Waals surface area (Å²) in [7, 11) is 0. The van der Waals surface area contributed by atoms with E-state index in [-0.39, 0.29) is 5.56 Å². The molecule has 0 aromatic heterocycles. The highest BCUT2D eigenvalue weighted by Gasteiger charge is 2.55. The number of ether oxygens (including phenoxy) is 7. The molecule has 0 saturated carbocycles. The van der Waals surface area contributed by atoms with Crippen molar-refractivity contribution in [2.45, 2.75) is 186 Å². The summed E-state index contributed by atoms with van der Waals surface area (Å²) in [4.78, 5) is 41.2. The van der Waals surface area contributed by atoms with Crippen LogP contribution in [-0.4, -0.2) is 95.3 Å². The minimum absolute atomic E-state index is 0.284. The third-order valence-corrected chi connectivity index (χ3v) is 9.00. The Bertz CT molecular complexity index is 1420. The zero-order valence-electron chi connectivity index (χ0n) is 35.2. The van der Waals surface area contributed by atoms with E-state index in [2.05, 4.69) is 16.9 Å². The summed E-state index contributed by atoms with van der Waals surface area (Å²) in [6.07, 6.45) is 7.49. The Balaban J connectivity index is 2.21. The van der Waals surface area contributed by atoms with E-state index < -0.39 is 85.0 Å². The van der Waals surface area contributed by atoms with Crippen LogP contribution in [0.4, 0.5) is 9.59 Å². The third-order valence-electron chi connectivity index (χ3n) is 9.00. The Labute approximate surface area is 338 Å². The Hall–Kier alpha value is -3.88. The van der Waals surface area contributed by atoms with Crippen LogP contribution in [0.25, 0.3) is 10.4 Å². The van der Waals surface area contributed by atoms with Gasteiger partial charge in [-0.25, -0.2) is 14.4 Å². The molecule has 7 atom stereocenters. The molecule has 1 aliphatic heterocycles. The molecule has 2 rings (SSSR count).